The summed E-state index contributed by atoms with van der Waals surface area (Å²) in [7, 11) is 1.96. The van der Waals surface area contributed by atoms with Gasteiger partial charge in [0.1, 0.15) is 0 Å². The summed E-state index contributed by atoms with van der Waals surface area (Å²) in [4.78, 5) is 14.2. The molecular weight excluding hydrogens is 333 g/mol. The van der Waals surface area contributed by atoms with E-state index in [1.54, 1.807) is 18.2 Å². The number of carbonyl (C=O) groups is 1. The number of para-hydroxylation sites is 1. The first kappa shape index (κ1) is 18.5. The Hall–Kier alpha value is -0.520. The summed E-state index contributed by atoms with van der Waals surface area (Å²) in [5.74, 6) is -0.0863. The summed E-state index contributed by atoms with van der Waals surface area (Å²) in [5.41, 5.74) is 0.489. The Kier molecular flexibility index (Phi) is 7.77. The largest absolute Gasteiger partial charge is 0.322 e. The van der Waals surface area contributed by atoms with Gasteiger partial charge in [-0.3, -0.25) is 9.69 Å². The van der Waals surface area contributed by atoms with Gasteiger partial charge in [-0.2, -0.15) is 0 Å². The van der Waals surface area contributed by atoms with Crippen LogP contribution in [-0.4, -0.2) is 43.5 Å². The highest BCUT2D eigenvalue weighted by molar-refractivity contribution is 6.39. The topological polar surface area (TPSA) is 44.4 Å². The number of hydrogen-bond donors (Lipinski definition) is 2. The highest BCUT2D eigenvalue weighted by atomic mass is 35.5. The van der Waals surface area contributed by atoms with Crippen molar-refractivity contribution in [3.63, 3.8) is 0 Å². The van der Waals surface area contributed by atoms with Crippen LogP contribution in [0.4, 0.5) is 5.69 Å². The van der Waals surface area contributed by atoms with Crippen LogP contribution in [0.25, 0.3) is 0 Å². The molecule has 1 saturated heterocycles. The summed E-state index contributed by atoms with van der Waals surface area (Å²) in [6, 6.07) is 5.63. The first-order valence-electron chi connectivity index (χ1n) is 6.73. The number of nitrogens with zero attached hydrogens (tertiary/aromatic N) is 1. The second-order valence-corrected chi connectivity index (χ2v) is 5.82. The Morgan fingerprint density at radius 1 is 1.38 bits per heavy atom. The lowest BCUT2D eigenvalue weighted by Gasteiger charge is -2.31. The summed E-state index contributed by atoms with van der Waals surface area (Å²) in [6.45, 7) is 2.20. The lowest BCUT2D eigenvalue weighted by molar-refractivity contribution is -0.117. The fourth-order valence-corrected chi connectivity index (χ4v) is 2.93. The standard InChI is InChI=1S/C14H19Cl2N3O.ClH/c1-17-10-4-3-7-19(8-10)9-13(20)18-14-11(15)5-2-6-12(14)16;/h2,5-6,10,17H,3-4,7-9H2,1H3,(H,18,20);1H. The molecule has 1 aromatic carbocycles. The number of rotatable bonds is 4. The molecule has 118 valence electrons. The molecule has 4 nitrogen and oxygen atoms in total. The number of likely N-dealkylation sites (tertiary alicyclic amines) is 1. The van der Waals surface area contributed by atoms with Gasteiger partial charge < -0.3 is 10.6 Å². The van der Waals surface area contributed by atoms with Crippen LogP contribution in [0.15, 0.2) is 18.2 Å². The normalized spacial score (nSPS) is 18.9. The van der Waals surface area contributed by atoms with Crippen LogP contribution in [-0.2, 0) is 4.79 Å². The predicted molar refractivity (Wildman–Crippen MR) is 90.9 cm³/mol. The molecule has 0 saturated carbocycles. The van der Waals surface area contributed by atoms with Crippen molar-refractivity contribution < 1.29 is 4.79 Å². The quantitative estimate of drug-likeness (QED) is 0.875. The number of anilines is 1. The molecule has 2 rings (SSSR count). The van der Waals surface area contributed by atoms with E-state index in [1.807, 2.05) is 7.05 Å². The molecule has 1 aliphatic heterocycles. The SMILES string of the molecule is CNC1CCCN(CC(=O)Nc2c(Cl)cccc2Cl)C1.Cl. The minimum atomic E-state index is -0.0863. The fourth-order valence-electron chi connectivity index (χ4n) is 2.43. The van der Waals surface area contributed by atoms with Crippen LogP contribution in [0.3, 0.4) is 0 Å². The van der Waals surface area contributed by atoms with E-state index in [-0.39, 0.29) is 18.3 Å². The molecule has 1 aromatic rings. The number of hydrogen-bond acceptors (Lipinski definition) is 3. The first-order chi connectivity index (χ1) is 9.60. The van der Waals surface area contributed by atoms with Gasteiger partial charge in [-0.1, -0.05) is 29.3 Å². The second-order valence-electron chi connectivity index (χ2n) is 5.01. The highest BCUT2D eigenvalue weighted by Gasteiger charge is 2.20. The Morgan fingerprint density at radius 2 is 2.05 bits per heavy atom. The molecule has 1 unspecified atom stereocenters. The van der Waals surface area contributed by atoms with E-state index in [4.69, 9.17) is 23.2 Å². The van der Waals surface area contributed by atoms with Crippen molar-refractivity contribution in [1.29, 1.82) is 0 Å². The third-order valence-corrected chi connectivity index (χ3v) is 4.14. The monoisotopic (exact) mass is 351 g/mol. The predicted octanol–water partition coefficient (Wildman–Crippen LogP) is 3.04. The van der Waals surface area contributed by atoms with E-state index in [0.717, 1.165) is 25.9 Å². The van der Waals surface area contributed by atoms with Crippen LogP contribution in [0.2, 0.25) is 10.0 Å². The Balaban J connectivity index is 0.00000220. The maximum Gasteiger partial charge on any atom is 0.238 e. The maximum atomic E-state index is 12.1. The number of halogens is 3. The molecule has 0 radical (unpaired) electrons. The number of nitrogens with one attached hydrogen (secondary N) is 2. The van der Waals surface area contributed by atoms with E-state index in [9.17, 15) is 4.79 Å². The molecule has 1 fully saturated rings. The van der Waals surface area contributed by atoms with Crippen molar-refractivity contribution in [3.8, 4) is 0 Å². The summed E-state index contributed by atoms with van der Waals surface area (Å²) in [6.07, 6.45) is 2.26. The number of carbonyl (C=O) groups excluding carboxylic acids is 1. The van der Waals surface area contributed by atoms with E-state index in [1.165, 1.54) is 0 Å². The average molecular weight is 353 g/mol. The Bertz CT molecular complexity index is 464. The minimum absolute atomic E-state index is 0. The molecule has 1 heterocycles. The van der Waals surface area contributed by atoms with Crippen molar-refractivity contribution in [2.24, 2.45) is 0 Å². The molecule has 2 N–H and O–H groups in total. The Morgan fingerprint density at radius 3 is 2.67 bits per heavy atom. The number of likely N-dealkylation sites (N-methyl/N-ethyl adjacent to an activating group) is 1. The number of benzene rings is 1. The zero-order valence-electron chi connectivity index (χ0n) is 11.9. The highest BCUT2D eigenvalue weighted by Crippen LogP contribution is 2.29. The molecule has 0 aromatic heterocycles. The molecule has 0 aliphatic carbocycles. The van der Waals surface area contributed by atoms with E-state index in [2.05, 4.69) is 15.5 Å². The fraction of sp³-hybridized carbons (Fsp3) is 0.500. The van der Waals surface area contributed by atoms with Crippen LogP contribution in [0.5, 0.6) is 0 Å². The van der Waals surface area contributed by atoms with Crippen LogP contribution in [0, 0.1) is 0 Å². The lowest BCUT2D eigenvalue weighted by Crippen LogP contribution is -2.46. The number of amides is 1. The van der Waals surface area contributed by atoms with Crippen molar-refractivity contribution in [1.82, 2.24) is 10.2 Å². The molecule has 7 heteroatoms. The van der Waals surface area contributed by atoms with Gasteiger partial charge >= 0.3 is 0 Å². The zero-order valence-corrected chi connectivity index (χ0v) is 14.2. The summed E-state index contributed by atoms with van der Waals surface area (Å²) >= 11 is 12.1. The van der Waals surface area contributed by atoms with Crippen molar-refractivity contribution in [2.75, 3.05) is 32.0 Å². The van der Waals surface area contributed by atoms with Crippen molar-refractivity contribution in [3.05, 3.63) is 28.2 Å². The van der Waals surface area contributed by atoms with Crippen LogP contribution >= 0.6 is 35.6 Å². The average Bonchev–Trinajstić information content (AvgIpc) is 2.43. The third kappa shape index (κ3) is 5.31. The zero-order chi connectivity index (χ0) is 14.5. The van der Waals surface area contributed by atoms with E-state index < -0.39 is 0 Å². The maximum absolute atomic E-state index is 12.1. The molecule has 21 heavy (non-hydrogen) atoms. The minimum Gasteiger partial charge on any atom is -0.322 e. The molecule has 0 bridgehead atoms. The van der Waals surface area contributed by atoms with Gasteiger partial charge in [-0.05, 0) is 38.6 Å². The molecule has 1 amide bonds. The molecule has 0 spiro atoms. The van der Waals surface area contributed by atoms with Gasteiger partial charge in [0.25, 0.3) is 0 Å². The summed E-state index contributed by atoms with van der Waals surface area (Å²) < 4.78 is 0. The van der Waals surface area contributed by atoms with Gasteiger partial charge in [-0.15, -0.1) is 12.4 Å². The first-order valence-corrected chi connectivity index (χ1v) is 7.49. The van der Waals surface area contributed by atoms with Gasteiger partial charge in [0.2, 0.25) is 5.91 Å². The molecular formula is C14H20Cl3N3O. The van der Waals surface area contributed by atoms with Crippen molar-refractivity contribution in [2.45, 2.75) is 18.9 Å². The number of piperidine rings is 1. The smallest absolute Gasteiger partial charge is 0.238 e. The van der Waals surface area contributed by atoms with Gasteiger partial charge in [-0.25, -0.2) is 0 Å². The Labute approximate surface area is 141 Å². The lowest BCUT2D eigenvalue weighted by atomic mass is 10.1. The van der Waals surface area contributed by atoms with Crippen LogP contribution in [0.1, 0.15) is 12.8 Å². The second kappa shape index (κ2) is 8.81. The van der Waals surface area contributed by atoms with Gasteiger partial charge in [0.05, 0.1) is 22.3 Å². The third-order valence-electron chi connectivity index (χ3n) is 3.51. The van der Waals surface area contributed by atoms with E-state index in [0.29, 0.717) is 28.3 Å². The van der Waals surface area contributed by atoms with Gasteiger partial charge in [0.15, 0.2) is 0 Å². The van der Waals surface area contributed by atoms with E-state index >= 15 is 0 Å². The molecule has 1 aliphatic rings. The van der Waals surface area contributed by atoms with Gasteiger partial charge in [0, 0.05) is 12.6 Å². The van der Waals surface area contributed by atoms with Crippen molar-refractivity contribution >= 4 is 47.2 Å². The molecule has 1 atom stereocenters. The van der Waals surface area contributed by atoms with Crippen LogP contribution < -0.4 is 10.6 Å². The summed E-state index contributed by atoms with van der Waals surface area (Å²) in [5, 5.41) is 6.97.